The van der Waals surface area contributed by atoms with Gasteiger partial charge in [0.25, 0.3) is 0 Å². The Bertz CT molecular complexity index is 323. The van der Waals surface area contributed by atoms with Gasteiger partial charge in [0.15, 0.2) is 5.78 Å². The Hall–Kier alpha value is -1.11. The molecular weight excluding hydrogens is 160 g/mol. The molecule has 1 nitrogen and oxygen atoms in total. The van der Waals surface area contributed by atoms with Gasteiger partial charge in [-0.25, -0.2) is 0 Å². The van der Waals surface area contributed by atoms with Gasteiger partial charge >= 0.3 is 0 Å². The molecule has 1 saturated carbocycles. The number of hydrogen-bond donors (Lipinski definition) is 0. The molecule has 1 aromatic carbocycles. The summed E-state index contributed by atoms with van der Waals surface area (Å²) in [5.41, 5.74) is 2.08. The zero-order valence-electron chi connectivity index (χ0n) is 8.08. The lowest BCUT2D eigenvalue weighted by atomic mass is 10.0. The molecule has 0 spiro atoms. The normalized spacial score (nSPS) is 25.7. The molecule has 2 unspecified atom stereocenters. The van der Waals surface area contributed by atoms with Crippen molar-refractivity contribution in [2.45, 2.75) is 20.3 Å². The summed E-state index contributed by atoms with van der Waals surface area (Å²) in [7, 11) is 0. The molecule has 1 aliphatic carbocycles. The van der Waals surface area contributed by atoms with Gasteiger partial charge < -0.3 is 0 Å². The van der Waals surface area contributed by atoms with E-state index >= 15 is 0 Å². The van der Waals surface area contributed by atoms with Gasteiger partial charge in [0.2, 0.25) is 0 Å². The van der Waals surface area contributed by atoms with E-state index in [0.717, 1.165) is 12.0 Å². The van der Waals surface area contributed by atoms with Crippen LogP contribution in [0.25, 0.3) is 0 Å². The molecule has 2 atom stereocenters. The standard InChI is InChI=1S/C12H14O/c1-8-3-5-10(6-4-8)12(13)11-7-9(11)2/h3-6,9,11H,7H2,1-2H3. The second-order valence-corrected chi connectivity index (χ2v) is 4.05. The fraction of sp³-hybridized carbons (Fsp3) is 0.417. The minimum absolute atomic E-state index is 0.308. The van der Waals surface area contributed by atoms with Gasteiger partial charge in [-0.3, -0.25) is 4.79 Å². The first-order chi connectivity index (χ1) is 6.18. The van der Waals surface area contributed by atoms with Crippen molar-refractivity contribution in [2.24, 2.45) is 11.8 Å². The van der Waals surface area contributed by atoms with Crippen molar-refractivity contribution in [3.8, 4) is 0 Å². The highest BCUT2D eigenvalue weighted by molar-refractivity contribution is 5.99. The Labute approximate surface area is 78.8 Å². The second-order valence-electron chi connectivity index (χ2n) is 4.05. The van der Waals surface area contributed by atoms with Crippen molar-refractivity contribution in [1.82, 2.24) is 0 Å². The average molecular weight is 174 g/mol. The van der Waals surface area contributed by atoms with Crippen molar-refractivity contribution in [3.63, 3.8) is 0 Å². The third-order valence-corrected chi connectivity index (χ3v) is 2.78. The number of aryl methyl sites for hydroxylation is 1. The van der Waals surface area contributed by atoms with Crippen LogP contribution in [0.3, 0.4) is 0 Å². The SMILES string of the molecule is Cc1ccc(C(=O)C2CC2C)cc1. The maximum absolute atomic E-state index is 11.7. The molecule has 0 bridgehead atoms. The van der Waals surface area contributed by atoms with E-state index in [1.165, 1.54) is 5.56 Å². The van der Waals surface area contributed by atoms with Gasteiger partial charge in [0.05, 0.1) is 0 Å². The Kier molecular flexibility index (Phi) is 1.95. The first-order valence-corrected chi connectivity index (χ1v) is 4.79. The molecule has 0 aliphatic heterocycles. The number of benzene rings is 1. The van der Waals surface area contributed by atoms with Gasteiger partial charge in [0.1, 0.15) is 0 Å². The molecule has 0 N–H and O–H groups in total. The van der Waals surface area contributed by atoms with Crippen LogP contribution in [-0.4, -0.2) is 5.78 Å². The van der Waals surface area contributed by atoms with E-state index in [1.54, 1.807) is 0 Å². The third-order valence-electron chi connectivity index (χ3n) is 2.78. The van der Waals surface area contributed by atoms with Crippen molar-refractivity contribution in [1.29, 1.82) is 0 Å². The highest BCUT2D eigenvalue weighted by Gasteiger charge is 2.39. The van der Waals surface area contributed by atoms with Gasteiger partial charge in [0, 0.05) is 11.5 Å². The summed E-state index contributed by atoms with van der Waals surface area (Å²) in [4.78, 5) is 11.7. The molecule has 1 heteroatoms. The molecule has 13 heavy (non-hydrogen) atoms. The highest BCUT2D eigenvalue weighted by Crippen LogP contribution is 2.40. The van der Waals surface area contributed by atoms with Gasteiger partial charge in [-0.15, -0.1) is 0 Å². The van der Waals surface area contributed by atoms with Crippen LogP contribution in [0.4, 0.5) is 0 Å². The van der Waals surface area contributed by atoms with E-state index in [9.17, 15) is 4.79 Å². The Morgan fingerprint density at radius 2 is 1.85 bits per heavy atom. The summed E-state index contributed by atoms with van der Waals surface area (Å²) in [6.07, 6.45) is 1.08. The summed E-state index contributed by atoms with van der Waals surface area (Å²) in [6.45, 7) is 4.17. The third kappa shape index (κ3) is 1.64. The Balaban J connectivity index is 2.17. The molecule has 2 rings (SSSR count). The van der Waals surface area contributed by atoms with Crippen molar-refractivity contribution < 1.29 is 4.79 Å². The van der Waals surface area contributed by atoms with Crippen LogP contribution in [0.5, 0.6) is 0 Å². The smallest absolute Gasteiger partial charge is 0.166 e. The number of Topliss-reactive ketones (excluding diaryl/α,β-unsaturated/α-hetero) is 1. The van der Waals surface area contributed by atoms with Crippen LogP contribution in [-0.2, 0) is 0 Å². The molecule has 1 fully saturated rings. The quantitative estimate of drug-likeness (QED) is 0.630. The van der Waals surface area contributed by atoms with E-state index < -0.39 is 0 Å². The summed E-state index contributed by atoms with van der Waals surface area (Å²) in [6, 6.07) is 7.87. The van der Waals surface area contributed by atoms with Gasteiger partial charge in [-0.05, 0) is 19.3 Å². The van der Waals surface area contributed by atoms with Crippen molar-refractivity contribution in [3.05, 3.63) is 35.4 Å². The van der Waals surface area contributed by atoms with Crippen LogP contribution in [0, 0.1) is 18.8 Å². The minimum Gasteiger partial charge on any atom is -0.294 e. The number of ketones is 1. The van der Waals surface area contributed by atoms with E-state index in [-0.39, 0.29) is 0 Å². The van der Waals surface area contributed by atoms with Crippen LogP contribution in [0.1, 0.15) is 29.3 Å². The summed E-state index contributed by atoms with van der Waals surface area (Å²) in [5, 5.41) is 0. The first-order valence-electron chi connectivity index (χ1n) is 4.79. The molecule has 1 aromatic rings. The van der Waals surface area contributed by atoms with E-state index in [1.807, 2.05) is 31.2 Å². The zero-order valence-corrected chi connectivity index (χ0v) is 8.08. The largest absolute Gasteiger partial charge is 0.294 e. The van der Waals surface area contributed by atoms with Crippen LogP contribution in [0.15, 0.2) is 24.3 Å². The lowest BCUT2D eigenvalue weighted by Gasteiger charge is -1.99. The number of carbonyl (C=O) groups is 1. The minimum atomic E-state index is 0.308. The van der Waals surface area contributed by atoms with E-state index in [4.69, 9.17) is 0 Å². The number of rotatable bonds is 2. The number of hydrogen-bond acceptors (Lipinski definition) is 1. The first kappa shape index (κ1) is 8.49. The predicted molar refractivity (Wildman–Crippen MR) is 52.8 cm³/mol. The Morgan fingerprint density at radius 1 is 1.31 bits per heavy atom. The van der Waals surface area contributed by atoms with Crippen LogP contribution < -0.4 is 0 Å². The monoisotopic (exact) mass is 174 g/mol. The second kappa shape index (κ2) is 2.99. The van der Waals surface area contributed by atoms with Gasteiger partial charge in [-0.2, -0.15) is 0 Å². The van der Waals surface area contributed by atoms with Crippen LogP contribution >= 0.6 is 0 Å². The summed E-state index contributed by atoms with van der Waals surface area (Å²) in [5.74, 6) is 1.24. The highest BCUT2D eigenvalue weighted by atomic mass is 16.1. The molecule has 1 aliphatic rings. The fourth-order valence-corrected chi connectivity index (χ4v) is 1.62. The van der Waals surface area contributed by atoms with Gasteiger partial charge in [-0.1, -0.05) is 36.8 Å². The molecule has 0 saturated heterocycles. The average Bonchev–Trinajstić information content (AvgIpc) is 2.83. The Morgan fingerprint density at radius 3 is 2.31 bits per heavy atom. The number of carbonyl (C=O) groups excluding carboxylic acids is 1. The fourth-order valence-electron chi connectivity index (χ4n) is 1.62. The molecule has 0 radical (unpaired) electrons. The maximum atomic E-state index is 11.7. The van der Waals surface area contributed by atoms with Crippen molar-refractivity contribution >= 4 is 5.78 Å². The van der Waals surface area contributed by atoms with Crippen LogP contribution in [0.2, 0.25) is 0 Å². The molecule has 0 amide bonds. The predicted octanol–water partition coefficient (Wildman–Crippen LogP) is 2.83. The molecule has 0 heterocycles. The van der Waals surface area contributed by atoms with E-state index in [2.05, 4.69) is 6.92 Å². The zero-order chi connectivity index (χ0) is 9.42. The molecule has 0 aromatic heterocycles. The topological polar surface area (TPSA) is 17.1 Å². The van der Waals surface area contributed by atoms with Crippen molar-refractivity contribution in [2.75, 3.05) is 0 Å². The molecular formula is C12H14O. The lowest BCUT2D eigenvalue weighted by molar-refractivity contribution is 0.0962. The summed E-state index contributed by atoms with van der Waals surface area (Å²) >= 11 is 0. The summed E-state index contributed by atoms with van der Waals surface area (Å²) < 4.78 is 0. The molecule has 68 valence electrons. The van der Waals surface area contributed by atoms with E-state index in [0.29, 0.717) is 17.6 Å². The maximum Gasteiger partial charge on any atom is 0.166 e. The lowest BCUT2D eigenvalue weighted by Crippen LogP contribution is -2.02.